The number of ether oxygens (including phenoxy) is 1. The first-order chi connectivity index (χ1) is 12.3. The molecule has 1 aromatic rings. The van der Waals surface area contributed by atoms with Gasteiger partial charge in [-0.15, -0.1) is 0 Å². The Hall–Kier alpha value is -1.59. The van der Waals surface area contributed by atoms with E-state index in [9.17, 15) is 0 Å². The molecule has 2 rings (SSSR count). The highest BCUT2D eigenvalue weighted by atomic mass is 16.5. The minimum Gasteiger partial charge on any atom is -0.374 e. The van der Waals surface area contributed by atoms with Gasteiger partial charge in [0.1, 0.15) is 0 Å². The fourth-order valence-corrected chi connectivity index (χ4v) is 3.65. The second-order valence-corrected chi connectivity index (χ2v) is 7.34. The van der Waals surface area contributed by atoms with Crippen molar-refractivity contribution in [2.45, 2.75) is 83.8 Å². The number of hydrogen-bond acceptors (Lipinski definition) is 2. The van der Waals surface area contributed by atoms with Crippen LogP contribution in [0.5, 0.6) is 0 Å². The van der Waals surface area contributed by atoms with E-state index in [1.54, 1.807) is 6.08 Å². The Balaban J connectivity index is 1.62. The summed E-state index contributed by atoms with van der Waals surface area (Å²) in [5, 5.41) is 8.50. The lowest BCUT2D eigenvalue weighted by molar-refractivity contribution is 0.00646. The van der Waals surface area contributed by atoms with Crippen molar-refractivity contribution in [1.82, 2.24) is 0 Å². The zero-order valence-corrected chi connectivity index (χ0v) is 15.8. The van der Waals surface area contributed by atoms with Gasteiger partial charge in [0.05, 0.1) is 18.8 Å². The molecule has 0 heterocycles. The molecule has 0 unspecified atom stereocenters. The van der Waals surface area contributed by atoms with E-state index in [0.29, 0.717) is 6.10 Å². The summed E-state index contributed by atoms with van der Waals surface area (Å²) in [4.78, 5) is 0. The first kappa shape index (κ1) is 19.7. The Morgan fingerprint density at radius 2 is 1.80 bits per heavy atom. The van der Waals surface area contributed by atoms with Gasteiger partial charge in [-0.05, 0) is 68.4 Å². The molecule has 1 fully saturated rings. The van der Waals surface area contributed by atoms with Crippen LogP contribution in [0.25, 0.3) is 0 Å². The Morgan fingerprint density at radius 1 is 1.08 bits per heavy atom. The third-order valence-electron chi connectivity index (χ3n) is 5.31. The summed E-state index contributed by atoms with van der Waals surface area (Å²) in [6.45, 7) is 3.00. The van der Waals surface area contributed by atoms with Crippen LogP contribution in [0.1, 0.15) is 75.8 Å². The summed E-state index contributed by atoms with van der Waals surface area (Å²) in [7, 11) is 0. The molecule has 0 amide bonds. The second kappa shape index (κ2) is 11.9. The molecule has 1 aromatic carbocycles. The first-order valence-corrected chi connectivity index (χ1v) is 10.1. The van der Waals surface area contributed by atoms with Crippen LogP contribution in [0.2, 0.25) is 0 Å². The van der Waals surface area contributed by atoms with Crippen LogP contribution >= 0.6 is 0 Å². The molecule has 25 heavy (non-hydrogen) atoms. The van der Waals surface area contributed by atoms with Crippen LogP contribution in [-0.2, 0) is 17.8 Å². The van der Waals surface area contributed by atoms with Gasteiger partial charge in [0.25, 0.3) is 0 Å². The fraction of sp³-hybridized carbons (Fsp3) is 0.609. The Kier molecular flexibility index (Phi) is 9.37. The topological polar surface area (TPSA) is 33.0 Å². The van der Waals surface area contributed by atoms with Gasteiger partial charge in [-0.1, -0.05) is 50.1 Å². The van der Waals surface area contributed by atoms with Crippen molar-refractivity contribution in [3.05, 3.63) is 47.5 Å². The van der Waals surface area contributed by atoms with Gasteiger partial charge < -0.3 is 4.74 Å². The van der Waals surface area contributed by atoms with Crippen LogP contribution < -0.4 is 0 Å². The number of nitrogens with zero attached hydrogens (tertiary/aromatic N) is 1. The zero-order valence-electron chi connectivity index (χ0n) is 15.8. The minimum absolute atomic E-state index is 0.426. The predicted molar refractivity (Wildman–Crippen MR) is 104 cm³/mol. The standard InChI is InChI=1S/C23H33NO/c1-2-3-5-8-20-10-12-22(13-11-20)19-25-23-16-14-21(15-17-23)9-6-4-7-18-24/h4,7,10-13,21,23H,2-3,5-6,8-9,14-17,19H2,1H3/t21-,23-. The number of rotatable bonds is 10. The number of allylic oxidation sites excluding steroid dienone is 2. The molecular formula is C23H33NO. The number of unbranched alkanes of at least 4 members (excludes halogenated alkanes) is 2. The lowest BCUT2D eigenvalue weighted by Crippen LogP contribution is -2.21. The molecule has 2 nitrogen and oxygen atoms in total. The molecule has 0 aliphatic heterocycles. The number of nitriles is 1. The van der Waals surface area contributed by atoms with E-state index >= 15 is 0 Å². The van der Waals surface area contributed by atoms with E-state index in [1.807, 2.05) is 6.08 Å². The number of hydrogen-bond donors (Lipinski definition) is 0. The normalized spacial score (nSPS) is 20.6. The van der Waals surface area contributed by atoms with E-state index in [4.69, 9.17) is 10.00 Å². The summed E-state index contributed by atoms with van der Waals surface area (Å²) in [6.07, 6.45) is 16.3. The van der Waals surface area contributed by atoms with Gasteiger partial charge in [-0.25, -0.2) is 0 Å². The summed E-state index contributed by atoms with van der Waals surface area (Å²) in [6, 6.07) is 11.0. The molecule has 2 heteroatoms. The van der Waals surface area contributed by atoms with E-state index < -0.39 is 0 Å². The lowest BCUT2D eigenvalue weighted by Gasteiger charge is -2.28. The maximum atomic E-state index is 8.50. The van der Waals surface area contributed by atoms with Gasteiger partial charge >= 0.3 is 0 Å². The molecule has 136 valence electrons. The van der Waals surface area contributed by atoms with Crippen molar-refractivity contribution in [1.29, 1.82) is 5.26 Å². The van der Waals surface area contributed by atoms with E-state index in [1.165, 1.54) is 68.9 Å². The average Bonchev–Trinajstić information content (AvgIpc) is 2.66. The van der Waals surface area contributed by atoms with Crippen molar-refractivity contribution in [3.63, 3.8) is 0 Å². The smallest absolute Gasteiger partial charge is 0.0908 e. The van der Waals surface area contributed by atoms with Gasteiger partial charge in [-0.2, -0.15) is 5.26 Å². The molecule has 0 aromatic heterocycles. The Morgan fingerprint density at radius 3 is 2.48 bits per heavy atom. The van der Waals surface area contributed by atoms with Crippen molar-refractivity contribution in [3.8, 4) is 6.07 Å². The second-order valence-electron chi connectivity index (χ2n) is 7.34. The quantitative estimate of drug-likeness (QED) is 0.367. The SMILES string of the molecule is CCCCCc1ccc(CO[C@H]2CC[C@H](CCC=CC#N)CC2)cc1. The molecule has 1 saturated carbocycles. The minimum atomic E-state index is 0.426. The highest BCUT2D eigenvalue weighted by Gasteiger charge is 2.21. The molecule has 0 radical (unpaired) electrons. The summed E-state index contributed by atoms with van der Waals surface area (Å²) in [5.41, 5.74) is 2.74. The molecule has 0 spiro atoms. The molecule has 1 aliphatic rings. The van der Waals surface area contributed by atoms with Crippen molar-refractivity contribution in [2.24, 2.45) is 5.92 Å². The Bertz CT molecular complexity index is 532. The third kappa shape index (κ3) is 7.88. The molecule has 0 N–H and O–H groups in total. The first-order valence-electron chi connectivity index (χ1n) is 10.1. The van der Waals surface area contributed by atoms with Crippen LogP contribution in [0.15, 0.2) is 36.4 Å². The zero-order chi connectivity index (χ0) is 17.7. The van der Waals surface area contributed by atoms with E-state index in [2.05, 4.69) is 37.3 Å². The van der Waals surface area contributed by atoms with Crippen molar-refractivity contribution < 1.29 is 4.74 Å². The van der Waals surface area contributed by atoms with Crippen molar-refractivity contribution >= 4 is 0 Å². The summed E-state index contributed by atoms with van der Waals surface area (Å²) >= 11 is 0. The molecule has 0 bridgehead atoms. The lowest BCUT2D eigenvalue weighted by atomic mass is 9.84. The van der Waals surface area contributed by atoms with Crippen molar-refractivity contribution in [2.75, 3.05) is 0 Å². The van der Waals surface area contributed by atoms with Crippen LogP contribution in [0.4, 0.5) is 0 Å². The molecule has 1 aliphatic carbocycles. The highest BCUT2D eigenvalue weighted by Crippen LogP contribution is 2.30. The van der Waals surface area contributed by atoms with Gasteiger partial charge in [0.2, 0.25) is 0 Å². The summed E-state index contributed by atoms with van der Waals surface area (Å²) < 4.78 is 6.14. The van der Waals surface area contributed by atoms with Gasteiger partial charge in [0.15, 0.2) is 0 Å². The van der Waals surface area contributed by atoms with Crippen LogP contribution in [0, 0.1) is 17.2 Å². The van der Waals surface area contributed by atoms with Crippen LogP contribution in [0.3, 0.4) is 0 Å². The number of benzene rings is 1. The largest absolute Gasteiger partial charge is 0.374 e. The van der Waals surface area contributed by atoms with Gasteiger partial charge in [-0.3, -0.25) is 0 Å². The average molecular weight is 340 g/mol. The summed E-state index contributed by atoms with van der Waals surface area (Å²) in [5.74, 6) is 0.811. The van der Waals surface area contributed by atoms with E-state index in [0.717, 1.165) is 18.9 Å². The molecule has 0 saturated heterocycles. The predicted octanol–water partition coefficient (Wildman–Crippen LogP) is 6.35. The van der Waals surface area contributed by atoms with Crippen LogP contribution in [-0.4, -0.2) is 6.10 Å². The number of aryl methyl sites for hydroxylation is 1. The monoisotopic (exact) mass is 339 g/mol. The molecular weight excluding hydrogens is 306 g/mol. The maximum Gasteiger partial charge on any atom is 0.0908 e. The Labute approximate surface area is 153 Å². The van der Waals surface area contributed by atoms with E-state index in [-0.39, 0.29) is 0 Å². The highest BCUT2D eigenvalue weighted by molar-refractivity contribution is 5.22. The third-order valence-corrected chi connectivity index (χ3v) is 5.31. The van der Waals surface area contributed by atoms with Gasteiger partial charge in [0, 0.05) is 6.08 Å². The fourth-order valence-electron chi connectivity index (χ4n) is 3.65. The molecule has 0 atom stereocenters. The maximum absolute atomic E-state index is 8.50.